The molecule has 0 aliphatic carbocycles. The lowest BCUT2D eigenvalue weighted by atomic mass is 9.99. The normalized spacial score (nSPS) is 18.3. The van der Waals surface area contributed by atoms with E-state index in [9.17, 15) is 9.59 Å². The van der Waals surface area contributed by atoms with Crippen molar-refractivity contribution in [3.05, 3.63) is 29.3 Å². The molecule has 5 heteroatoms. The van der Waals surface area contributed by atoms with Crippen molar-refractivity contribution in [1.29, 1.82) is 0 Å². The van der Waals surface area contributed by atoms with Gasteiger partial charge in [-0.05, 0) is 30.2 Å². The van der Waals surface area contributed by atoms with Crippen LogP contribution in [-0.2, 0) is 11.2 Å². The zero-order valence-corrected chi connectivity index (χ0v) is 10.9. The number of amides is 2. The molecular formula is C14H17N3O2. The molecule has 1 aromatic rings. The number of benzene rings is 1. The minimum Gasteiger partial charge on any atom is -0.336 e. The molecule has 0 atom stereocenters. The molecule has 19 heavy (non-hydrogen) atoms. The maximum atomic E-state index is 12.3. The summed E-state index contributed by atoms with van der Waals surface area (Å²) in [6.07, 6.45) is 1.20. The summed E-state index contributed by atoms with van der Waals surface area (Å²) >= 11 is 0. The standard InChI is InChI=1S/C14H17N3O2/c1-17(11-7-15-8-11)14(19)10-2-4-12-9(6-10)3-5-13(18)16-12/h2,4,6,11,15H,3,5,7-8H2,1H3,(H,16,18). The summed E-state index contributed by atoms with van der Waals surface area (Å²) in [5, 5.41) is 5.99. The first-order chi connectivity index (χ1) is 9.15. The van der Waals surface area contributed by atoms with Crippen LogP contribution in [0.15, 0.2) is 18.2 Å². The summed E-state index contributed by atoms with van der Waals surface area (Å²) in [6, 6.07) is 5.81. The van der Waals surface area contributed by atoms with Crippen LogP contribution < -0.4 is 10.6 Å². The lowest BCUT2D eigenvalue weighted by molar-refractivity contribution is -0.116. The fourth-order valence-electron chi connectivity index (χ4n) is 2.43. The molecule has 2 heterocycles. The topological polar surface area (TPSA) is 61.4 Å². The zero-order valence-electron chi connectivity index (χ0n) is 10.9. The van der Waals surface area contributed by atoms with Gasteiger partial charge in [-0.1, -0.05) is 0 Å². The van der Waals surface area contributed by atoms with Gasteiger partial charge >= 0.3 is 0 Å². The molecule has 0 unspecified atom stereocenters. The SMILES string of the molecule is CN(C(=O)c1ccc2c(c1)CCC(=O)N2)C1CNC1. The number of aryl methyl sites for hydroxylation is 1. The Bertz CT molecular complexity index is 537. The van der Waals surface area contributed by atoms with E-state index in [1.807, 2.05) is 19.2 Å². The molecule has 1 fully saturated rings. The number of fused-ring (bicyclic) bond motifs is 1. The summed E-state index contributed by atoms with van der Waals surface area (Å²) in [4.78, 5) is 25.4. The number of nitrogens with one attached hydrogen (secondary N) is 2. The maximum Gasteiger partial charge on any atom is 0.253 e. The van der Waals surface area contributed by atoms with Crippen molar-refractivity contribution in [1.82, 2.24) is 10.2 Å². The highest BCUT2D eigenvalue weighted by Crippen LogP contribution is 2.24. The molecule has 2 N–H and O–H groups in total. The first kappa shape index (κ1) is 12.2. The van der Waals surface area contributed by atoms with E-state index in [2.05, 4.69) is 10.6 Å². The van der Waals surface area contributed by atoms with Crippen LogP contribution in [0, 0.1) is 0 Å². The number of rotatable bonds is 2. The first-order valence-corrected chi connectivity index (χ1v) is 6.56. The number of anilines is 1. The van der Waals surface area contributed by atoms with Gasteiger partial charge in [0, 0.05) is 37.8 Å². The Balaban J connectivity index is 1.81. The van der Waals surface area contributed by atoms with Gasteiger partial charge in [0.15, 0.2) is 0 Å². The van der Waals surface area contributed by atoms with Crippen molar-refractivity contribution in [3.8, 4) is 0 Å². The Morgan fingerprint density at radius 3 is 2.79 bits per heavy atom. The smallest absolute Gasteiger partial charge is 0.253 e. The molecule has 0 bridgehead atoms. The average Bonchev–Trinajstić information content (AvgIpc) is 2.35. The zero-order chi connectivity index (χ0) is 13.4. The molecule has 0 saturated carbocycles. The van der Waals surface area contributed by atoms with E-state index < -0.39 is 0 Å². The molecule has 3 rings (SSSR count). The molecule has 2 aliphatic heterocycles. The first-order valence-electron chi connectivity index (χ1n) is 6.56. The predicted octanol–water partition coefficient (Wildman–Crippen LogP) is 0.615. The molecule has 2 aliphatic rings. The quantitative estimate of drug-likeness (QED) is 0.818. The lowest BCUT2D eigenvalue weighted by Crippen LogP contribution is -2.57. The highest BCUT2D eigenvalue weighted by molar-refractivity contribution is 5.98. The van der Waals surface area contributed by atoms with Gasteiger partial charge in [0.05, 0.1) is 6.04 Å². The van der Waals surface area contributed by atoms with Gasteiger partial charge in [0.1, 0.15) is 0 Å². The predicted molar refractivity (Wildman–Crippen MR) is 72.1 cm³/mol. The molecule has 0 spiro atoms. The van der Waals surface area contributed by atoms with Crippen LogP contribution in [0.3, 0.4) is 0 Å². The van der Waals surface area contributed by atoms with Crippen molar-refractivity contribution in [2.75, 3.05) is 25.5 Å². The summed E-state index contributed by atoms with van der Waals surface area (Å²) in [5.41, 5.74) is 2.58. The number of likely N-dealkylation sites (N-methyl/N-ethyl adjacent to an activating group) is 1. The number of carbonyl (C=O) groups excluding carboxylic acids is 2. The van der Waals surface area contributed by atoms with E-state index in [0.717, 1.165) is 24.3 Å². The second kappa shape index (κ2) is 4.66. The third-order valence-electron chi connectivity index (χ3n) is 3.88. The number of nitrogens with zero attached hydrogens (tertiary/aromatic N) is 1. The van der Waals surface area contributed by atoms with Gasteiger partial charge in [0.2, 0.25) is 5.91 Å². The van der Waals surface area contributed by atoms with Crippen LogP contribution in [-0.4, -0.2) is 42.9 Å². The van der Waals surface area contributed by atoms with E-state index >= 15 is 0 Å². The third-order valence-corrected chi connectivity index (χ3v) is 3.88. The number of hydrogen-bond donors (Lipinski definition) is 2. The summed E-state index contributed by atoms with van der Waals surface area (Å²) in [7, 11) is 1.84. The van der Waals surface area contributed by atoms with E-state index in [4.69, 9.17) is 0 Å². The van der Waals surface area contributed by atoms with E-state index in [-0.39, 0.29) is 11.8 Å². The Labute approximate surface area is 112 Å². The Hall–Kier alpha value is -1.88. The van der Waals surface area contributed by atoms with E-state index in [1.165, 1.54) is 0 Å². The van der Waals surface area contributed by atoms with Crippen LogP contribution in [0.1, 0.15) is 22.3 Å². The van der Waals surface area contributed by atoms with Gasteiger partial charge in [-0.25, -0.2) is 0 Å². The maximum absolute atomic E-state index is 12.3. The number of carbonyl (C=O) groups is 2. The molecular weight excluding hydrogens is 242 g/mol. The summed E-state index contributed by atoms with van der Waals surface area (Å²) < 4.78 is 0. The van der Waals surface area contributed by atoms with Gasteiger partial charge in [-0.3, -0.25) is 9.59 Å². The fourth-order valence-corrected chi connectivity index (χ4v) is 2.43. The summed E-state index contributed by atoms with van der Waals surface area (Å²) in [6.45, 7) is 1.73. The Morgan fingerprint density at radius 2 is 2.11 bits per heavy atom. The van der Waals surface area contributed by atoms with E-state index in [1.54, 1.807) is 11.0 Å². The minimum absolute atomic E-state index is 0.0456. The van der Waals surface area contributed by atoms with Crippen LogP contribution in [0.4, 0.5) is 5.69 Å². The molecule has 100 valence electrons. The third kappa shape index (κ3) is 2.21. The highest BCUT2D eigenvalue weighted by atomic mass is 16.2. The minimum atomic E-state index is 0.0456. The monoisotopic (exact) mass is 259 g/mol. The second-order valence-corrected chi connectivity index (χ2v) is 5.15. The van der Waals surface area contributed by atoms with Crippen LogP contribution >= 0.6 is 0 Å². The molecule has 1 aromatic carbocycles. The van der Waals surface area contributed by atoms with Gasteiger partial charge in [0.25, 0.3) is 5.91 Å². The highest BCUT2D eigenvalue weighted by Gasteiger charge is 2.26. The van der Waals surface area contributed by atoms with Crippen molar-refractivity contribution < 1.29 is 9.59 Å². The van der Waals surface area contributed by atoms with Crippen LogP contribution in [0.2, 0.25) is 0 Å². The van der Waals surface area contributed by atoms with Crippen molar-refractivity contribution in [2.45, 2.75) is 18.9 Å². The van der Waals surface area contributed by atoms with Crippen molar-refractivity contribution in [3.63, 3.8) is 0 Å². The summed E-state index contributed by atoms with van der Waals surface area (Å²) in [5.74, 6) is 0.0930. The lowest BCUT2D eigenvalue weighted by Gasteiger charge is -2.35. The number of hydrogen-bond acceptors (Lipinski definition) is 3. The van der Waals surface area contributed by atoms with E-state index in [0.29, 0.717) is 24.4 Å². The van der Waals surface area contributed by atoms with Gasteiger partial charge in [-0.2, -0.15) is 0 Å². The van der Waals surface area contributed by atoms with Crippen molar-refractivity contribution in [2.24, 2.45) is 0 Å². The molecule has 5 nitrogen and oxygen atoms in total. The second-order valence-electron chi connectivity index (χ2n) is 5.15. The largest absolute Gasteiger partial charge is 0.336 e. The van der Waals surface area contributed by atoms with Crippen LogP contribution in [0.5, 0.6) is 0 Å². The molecule has 0 radical (unpaired) electrons. The van der Waals surface area contributed by atoms with Crippen LogP contribution in [0.25, 0.3) is 0 Å². The molecule has 0 aromatic heterocycles. The molecule has 2 amide bonds. The van der Waals surface area contributed by atoms with Gasteiger partial charge < -0.3 is 15.5 Å². The Morgan fingerprint density at radius 1 is 1.32 bits per heavy atom. The van der Waals surface area contributed by atoms with Crippen molar-refractivity contribution >= 4 is 17.5 Å². The molecule has 1 saturated heterocycles. The van der Waals surface area contributed by atoms with Gasteiger partial charge in [-0.15, -0.1) is 0 Å². The average molecular weight is 259 g/mol. The fraction of sp³-hybridized carbons (Fsp3) is 0.429. The Kier molecular flexibility index (Phi) is 2.98.